The van der Waals surface area contributed by atoms with Gasteiger partial charge >= 0.3 is 0 Å². The van der Waals surface area contributed by atoms with Crippen LogP contribution in [0.2, 0.25) is 0 Å². The lowest BCUT2D eigenvalue weighted by atomic mass is 9.87. The van der Waals surface area contributed by atoms with Crippen molar-refractivity contribution < 1.29 is 9.00 Å². The van der Waals surface area contributed by atoms with Crippen molar-refractivity contribution in [1.29, 1.82) is 0 Å². The number of benzene rings is 1. The Morgan fingerprint density at radius 2 is 2.00 bits per heavy atom. The van der Waals surface area contributed by atoms with Crippen LogP contribution in [0, 0.1) is 12.8 Å². The lowest BCUT2D eigenvalue weighted by Crippen LogP contribution is -2.19. The van der Waals surface area contributed by atoms with Crippen LogP contribution in [0.25, 0.3) is 0 Å². The SMILES string of the molecule is Cc1c(C[S@](C)=O)cccc1NC(=O)CC1CCCCC1. The summed E-state index contributed by atoms with van der Waals surface area (Å²) in [5.74, 6) is 1.20. The molecule has 1 aliphatic rings. The van der Waals surface area contributed by atoms with E-state index in [1.165, 1.54) is 32.1 Å². The van der Waals surface area contributed by atoms with Gasteiger partial charge in [0.1, 0.15) is 0 Å². The molecule has 0 aromatic heterocycles. The Morgan fingerprint density at radius 1 is 1.29 bits per heavy atom. The maximum absolute atomic E-state index is 12.2. The van der Waals surface area contributed by atoms with Gasteiger partial charge in [0.2, 0.25) is 5.91 Å². The van der Waals surface area contributed by atoms with E-state index in [9.17, 15) is 9.00 Å². The maximum atomic E-state index is 12.2. The molecule has 0 aliphatic heterocycles. The quantitative estimate of drug-likeness (QED) is 0.899. The fourth-order valence-electron chi connectivity index (χ4n) is 3.05. The second kappa shape index (κ2) is 7.74. The van der Waals surface area contributed by atoms with Crippen LogP contribution < -0.4 is 5.32 Å². The molecule has 1 aromatic rings. The summed E-state index contributed by atoms with van der Waals surface area (Å²) in [5.41, 5.74) is 2.94. The van der Waals surface area contributed by atoms with Gasteiger partial charge in [0.15, 0.2) is 0 Å². The Morgan fingerprint density at radius 3 is 2.67 bits per heavy atom. The average Bonchev–Trinajstić information content (AvgIpc) is 2.44. The van der Waals surface area contributed by atoms with Gasteiger partial charge in [-0.15, -0.1) is 0 Å². The van der Waals surface area contributed by atoms with Crippen molar-refractivity contribution in [3.8, 4) is 0 Å². The molecular weight excluding hydrogens is 282 g/mol. The Balaban J connectivity index is 1.98. The summed E-state index contributed by atoms with van der Waals surface area (Å²) in [6, 6.07) is 5.83. The standard InChI is InChI=1S/C17H25NO2S/c1-13-15(12-21(2)20)9-6-10-16(13)18-17(19)11-14-7-4-3-5-8-14/h6,9-10,14H,3-5,7-8,11-12H2,1-2H3,(H,18,19)/t21-/m0/s1. The summed E-state index contributed by atoms with van der Waals surface area (Å²) < 4.78 is 11.4. The average molecular weight is 307 g/mol. The zero-order valence-electron chi connectivity index (χ0n) is 13.0. The molecule has 1 saturated carbocycles. The van der Waals surface area contributed by atoms with Crippen molar-refractivity contribution in [2.75, 3.05) is 11.6 Å². The molecule has 1 amide bonds. The van der Waals surface area contributed by atoms with E-state index in [-0.39, 0.29) is 5.91 Å². The summed E-state index contributed by atoms with van der Waals surface area (Å²) in [6.07, 6.45) is 8.52. The molecule has 0 spiro atoms. The zero-order valence-corrected chi connectivity index (χ0v) is 13.8. The van der Waals surface area contributed by atoms with Gasteiger partial charge in [0, 0.05) is 34.9 Å². The van der Waals surface area contributed by atoms with Gasteiger partial charge in [-0.1, -0.05) is 31.4 Å². The second-order valence-corrected chi connectivity index (χ2v) is 7.50. The molecule has 116 valence electrons. The number of hydrogen-bond acceptors (Lipinski definition) is 2. The van der Waals surface area contributed by atoms with E-state index in [1.54, 1.807) is 6.26 Å². The lowest BCUT2D eigenvalue weighted by Gasteiger charge is -2.21. The van der Waals surface area contributed by atoms with Gasteiger partial charge in [-0.2, -0.15) is 0 Å². The predicted octanol–water partition coefficient (Wildman–Crippen LogP) is 3.78. The Hall–Kier alpha value is -1.16. The van der Waals surface area contributed by atoms with E-state index < -0.39 is 10.8 Å². The molecule has 2 rings (SSSR count). The van der Waals surface area contributed by atoms with E-state index in [2.05, 4.69) is 5.32 Å². The minimum absolute atomic E-state index is 0.111. The first-order chi connectivity index (χ1) is 10.1. The molecule has 1 aromatic carbocycles. The Bertz CT molecular complexity index is 522. The molecule has 1 aliphatic carbocycles. The van der Waals surface area contributed by atoms with Crippen molar-refractivity contribution >= 4 is 22.4 Å². The minimum Gasteiger partial charge on any atom is -0.326 e. The monoisotopic (exact) mass is 307 g/mol. The van der Waals surface area contributed by atoms with E-state index in [0.29, 0.717) is 18.1 Å². The molecule has 3 nitrogen and oxygen atoms in total. The number of hydrogen-bond donors (Lipinski definition) is 1. The molecule has 1 fully saturated rings. The van der Waals surface area contributed by atoms with Gasteiger partial charge in [-0.3, -0.25) is 9.00 Å². The summed E-state index contributed by atoms with van der Waals surface area (Å²) >= 11 is 0. The second-order valence-electron chi connectivity index (χ2n) is 6.06. The number of carbonyl (C=O) groups excluding carboxylic acids is 1. The van der Waals surface area contributed by atoms with Gasteiger partial charge in [-0.05, 0) is 42.9 Å². The summed E-state index contributed by atoms with van der Waals surface area (Å²) in [4.78, 5) is 12.2. The van der Waals surface area contributed by atoms with Crippen LogP contribution in [0.3, 0.4) is 0 Å². The fourth-order valence-corrected chi connectivity index (χ4v) is 3.80. The van der Waals surface area contributed by atoms with Crippen molar-refractivity contribution in [1.82, 2.24) is 0 Å². The third-order valence-corrected chi connectivity index (χ3v) is 5.00. The van der Waals surface area contributed by atoms with Gasteiger partial charge in [-0.25, -0.2) is 0 Å². The number of nitrogens with one attached hydrogen (secondary N) is 1. The maximum Gasteiger partial charge on any atom is 0.224 e. The van der Waals surface area contributed by atoms with Crippen molar-refractivity contribution in [2.24, 2.45) is 5.92 Å². The van der Waals surface area contributed by atoms with Crippen molar-refractivity contribution in [3.05, 3.63) is 29.3 Å². The van der Waals surface area contributed by atoms with Crippen LogP contribution in [-0.4, -0.2) is 16.4 Å². The van der Waals surface area contributed by atoms with E-state index in [1.807, 2.05) is 25.1 Å². The van der Waals surface area contributed by atoms with Crippen molar-refractivity contribution in [2.45, 2.75) is 51.2 Å². The lowest BCUT2D eigenvalue weighted by molar-refractivity contribution is -0.117. The van der Waals surface area contributed by atoms with Crippen LogP contribution in [0.1, 0.15) is 49.7 Å². The molecule has 0 heterocycles. The smallest absolute Gasteiger partial charge is 0.224 e. The number of amides is 1. The summed E-state index contributed by atoms with van der Waals surface area (Å²) in [6.45, 7) is 1.98. The highest BCUT2D eigenvalue weighted by atomic mass is 32.2. The fraction of sp³-hybridized carbons (Fsp3) is 0.588. The van der Waals surface area contributed by atoms with Crippen LogP contribution in [0.5, 0.6) is 0 Å². The first-order valence-electron chi connectivity index (χ1n) is 7.74. The molecular formula is C17H25NO2S. The van der Waals surface area contributed by atoms with Crippen LogP contribution in [0.4, 0.5) is 5.69 Å². The van der Waals surface area contributed by atoms with E-state index in [0.717, 1.165) is 16.8 Å². The highest BCUT2D eigenvalue weighted by Crippen LogP contribution is 2.27. The predicted molar refractivity (Wildman–Crippen MR) is 88.8 cm³/mol. The van der Waals surface area contributed by atoms with Crippen LogP contribution in [0.15, 0.2) is 18.2 Å². The normalized spacial score (nSPS) is 17.4. The van der Waals surface area contributed by atoms with Crippen LogP contribution >= 0.6 is 0 Å². The summed E-state index contributed by atoms with van der Waals surface area (Å²) in [5, 5.41) is 3.03. The van der Waals surface area contributed by atoms with Gasteiger partial charge in [0.25, 0.3) is 0 Å². The first-order valence-corrected chi connectivity index (χ1v) is 9.47. The van der Waals surface area contributed by atoms with Gasteiger partial charge in [0.05, 0.1) is 0 Å². The van der Waals surface area contributed by atoms with E-state index in [4.69, 9.17) is 0 Å². The Kier molecular flexibility index (Phi) is 5.97. The van der Waals surface area contributed by atoms with Crippen LogP contribution in [-0.2, 0) is 21.3 Å². The third kappa shape index (κ3) is 4.95. The molecule has 0 bridgehead atoms. The molecule has 0 radical (unpaired) electrons. The molecule has 21 heavy (non-hydrogen) atoms. The Labute approximate surface area is 130 Å². The molecule has 0 unspecified atom stereocenters. The van der Waals surface area contributed by atoms with E-state index >= 15 is 0 Å². The number of anilines is 1. The first kappa shape index (κ1) is 16.2. The van der Waals surface area contributed by atoms with Crippen molar-refractivity contribution in [3.63, 3.8) is 0 Å². The number of rotatable bonds is 5. The van der Waals surface area contributed by atoms with Gasteiger partial charge < -0.3 is 5.32 Å². The molecule has 1 N–H and O–H groups in total. The topological polar surface area (TPSA) is 46.2 Å². The molecule has 0 saturated heterocycles. The largest absolute Gasteiger partial charge is 0.326 e. The highest BCUT2D eigenvalue weighted by molar-refractivity contribution is 7.83. The zero-order chi connectivity index (χ0) is 15.2. The molecule has 1 atom stereocenters. The number of carbonyl (C=O) groups is 1. The highest BCUT2D eigenvalue weighted by Gasteiger charge is 2.17. The third-order valence-electron chi connectivity index (χ3n) is 4.28. The summed E-state index contributed by atoms with van der Waals surface area (Å²) in [7, 11) is -0.866. The molecule has 4 heteroatoms. The minimum atomic E-state index is -0.866.